The minimum atomic E-state index is -0.132. The van der Waals surface area contributed by atoms with Gasteiger partial charge in [-0.25, -0.2) is 9.67 Å². The molecule has 1 amide bonds. The molecule has 0 bridgehead atoms. The summed E-state index contributed by atoms with van der Waals surface area (Å²) in [5.41, 5.74) is 2.26. The first kappa shape index (κ1) is 22.2. The zero-order chi connectivity index (χ0) is 22.6. The molecule has 3 aromatic rings. The number of benzene rings is 1. The number of piperidine rings is 1. The highest BCUT2D eigenvalue weighted by Crippen LogP contribution is 2.25. The Kier molecular flexibility index (Phi) is 6.78. The average Bonchev–Trinajstić information content (AvgIpc) is 2.99. The maximum atomic E-state index is 13.2. The van der Waals surface area contributed by atoms with Crippen molar-refractivity contribution < 1.29 is 4.79 Å². The summed E-state index contributed by atoms with van der Waals surface area (Å²) in [5, 5.41) is 12.8. The molecule has 2 aliphatic heterocycles. The van der Waals surface area contributed by atoms with Crippen molar-refractivity contribution in [3.05, 3.63) is 52.7 Å². The second-order valence-electron chi connectivity index (χ2n) is 9.09. The molecule has 2 saturated heterocycles. The van der Waals surface area contributed by atoms with Crippen LogP contribution in [0.2, 0.25) is 5.02 Å². The molecular formula is C25H31ClN6O. The second kappa shape index (κ2) is 10.1. The van der Waals surface area contributed by atoms with Crippen LogP contribution in [0.1, 0.15) is 54.6 Å². The molecule has 0 spiro atoms. The van der Waals surface area contributed by atoms with Gasteiger partial charge in [0, 0.05) is 30.7 Å². The van der Waals surface area contributed by atoms with E-state index in [9.17, 15) is 4.79 Å². The van der Waals surface area contributed by atoms with E-state index in [1.165, 1.54) is 25.7 Å². The number of hydrogen-bond acceptors (Lipinski definition) is 5. The van der Waals surface area contributed by atoms with Gasteiger partial charge in [0.15, 0.2) is 11.3 Å². The van der Waals surface area contributed by atoms with Crippen molar-refractivity contribution in [2.24, 2.45) is 0 Å². The van der Waals surface area contributed by atoms with Crippen LogP contribution >= 0.6 is 11.6 Å². The Morgan fingerprint density at radius 3 is 2.58 bits per heavy atom. The normalized spacial score (nSPS) is 19.4. The van der Waals surface area contributed by atoms with Gasteiger partial charge in [0.1, 0.15) is 5.82 Å². The molecule has 7 nitrogen and oxygen atoms in total. The van der Waals surface area contributed by atoms with E-state index in [0.717, 1.165) is 61.4 Å². The second-order valence-corrected chi connectivity index (χ2v) is 9.53. The van der Waals surface area contributed by atoms with Gasteiger partial charge in [-0.05, 0) is 62.1 Å². The van der Waals surface area contributed by atoms with Crippen molar-refractivity contribution >= 4 is 34.4 Å². The number of hydrogen-bond donors (Lipinski definition) is 2. The number of carbonyl (C=O) groups excluding carboxylic acids is 1. The molecule has 0 aliphatic carbocycles. The highest BCUT2D eigenvalue weighted by atomic mass is 35.5. The molecule has 1 unspecified atom stereocenters. The average molecular weight is 467 g/mol. The summed E-state index contributed by atoms with van der Waals surface area (Å²) in [6, 6.07) is 11.9. The van der Waals surface area contributed by atoms with Crippen molar-refractivity contribution in [1.82, 2.24) is 25.4 Å². The fourth-order valence-corrected chi connectivity index (χ4v) is 4.91. The van der Waals surface area contributed by atoms with Gasteiger partial charge in [-0.2, -0.15) is 5.10 Å². The van der Waals surface area contributed by atoms with Crippen LogP contribution < -0.4 is 15.5 Å². The van der Waals surface area contributed by atoms with E-state index in [2.05, 4.69) is 15.5 Å². The molecule has 2 aliphatic rings. The van der Waals surface area contributed by atoms with Crippen LogP contribution in [0.3, 0.4) is 0 Å². The van der Waals surface area contributed by atoms with E-state index < -0.39 is 0 Å². The largest absolute Gasteiger partial charge is 0.357 e. The van der Waals surface area contributed by atoms with Crippen molar-refractivity contribution in [1.29, 1.82) is 0 Å². The number of aromatic nitrogens is 3. The number of nitrogens with zero attached hydrogens (tertiary/aromatic N) is 4. The number of halogens is 1. The summed E-state index contributed by atoms with van der Waals surface area (Å²) < 4.78 is 1.86. The van der Waals surface area contributed by atoms with Crippen molar-refractivity contribution in [2.75, 3.05) is 31.1 Å². The highest BCUT2D eigenvalue weighted by molar-refractivity contribution is 6.30. The van der Waals surface area contributed by atoms with E-state index in [4.69, 9.17) is 21.7 Å². The lowest BCUT2D eigenvalue weighted by Crippen LogP contribution is -2.45. The van der Waals surface area contributed by atoms with Gasteiger partial charge in [0.25, 0.3) is 5.91 Å². The molecule has 8 heteroatoms. The number of pyridine rings is 1. The first-order chi connectivity index (χ1) is 16.2. The molecule has 33 heavy (non-hydrogen) atoms. The monoisotopic (exact) mass is 466 g/mol. The predicted octanol–water partition coefficient (Wildman–Crippen LogP) is 4.00. The molecule has 2 N–H and O–H groups in total. The van der Waals surface area contributed by atoms with E-state index in [-0.39, 0.29) is 11.9 Å². The summed E-state index contributed by atoms with van der Waals surface area (Å²) in [5.74, 6) is 0.831. The smallest absolute Gasteiger partial charge is 0.272 e. The molecule has 0 saturated carbocycles. The number of rotatable bonds is 5. The Morgan fingerprint density at radius 1 is 1.06 bits per heavy atom. The fourth-order valence-electron chi connectivity index (χ4n) is 4.79. The molecule has 4 heterocycles. The summed E-state index contributed by atoms with van der Waals surface area (Å²) in [6.07, 6.45) is 6.97. The standard InChI is InChI=1S/C25H31ClN6O/c26-19-9-7-18(8-10-19)17-32-24-21(11-12-22(29-24)31-14-3-1-2-4-15-31)23(30-32)25(33)28-20-6-5-13-27-16-20/h7-12,20,27H,1-6,13-17H2,(H,28,33). The zero-order valence-corrected chi connectivity index (χ0v) is 19.7. The first-order valence-electron chi connectivity index (χ1n) is 12.1. The van der Waals surface area contributed by atoms with Gasteiger partial charge in [-0.3, -0.25) is 4.79 Å². The third kappa shape index (κ3) is 5.14. The molecule has 2 aromatic heterocycles. The molecule has 2 fully saturated rings. The number of carbonyl (C=O) groups is 1. The fraction of sp³-hybridized carbons (Fsp3) is 0.480. The highest BCUT2D eigenvalue weighted by Gasteiger charge is 2.23. The molecular weight excluding hydrogens is 436 g/mol. The Balaban J connectivity index is 1.49. The quantitative estimate of drug-likeness (QED) is 0.594. The van der Waals surface area contributed by atoms with Crippen molar-refractivity contribution in [3.63, 3.8) is 0 Å². The van der Waals surface area contributed by atoms with E-state index in [1.54, 1.807) is 0 Å². The van der Waals surface area contributed by atoms with Crippen LogP contribution in [0.25, 0.3) is 11.0 Å². The van der Waals surface area contributed by atoms with Crippen LogP contribution in [0.5, 0.6) is 0 Å². The lowest BCUT2D eigenvalue weighted by atomic mass is 10.1. The molecule has 1 aromatic carbocycles. The Hall–Kier alpha value is -2.64. The summed E-state index contributed by atoms with van der Waals surface area (Å²) in [4.78, 5) is 20.6. The zero-order valence-electron chi connectivity index (χ0n) is 18.9. The summed E-state index contributed by atoms with van der Waals surface area (Å²) in [7, 11) is 0. The minimum Gasteiger partial charge on any atom is -0.357 e. The Bertz CT molecular complexity index is 1100. The van der Waals surface area contributed by atoms with Gasteiger partial charge in [-0.15, -0.1) is 0 Å². The number of fused-ring (bicyclic) bond motifs is 1. The maximum absolute atomic E-state index is 13.2. The van der Waals surface area contributed by atoms with Gasteiger partial charge in [0.2, 0.25) is 0 Å². The Morgan fingerprint density at radius 2 is 1.85 bits per heavy atom. The third-order valence-electron chi connectivity index (χ3n) is 6.60. The van der Waals surface area contributed by atoms with Gasteiger partial charge < -0.3 is 15.5 Å². The van der Waals surface area contributed by atoms with Crippen molar-refractivity contribution in [3.8, 4) is 0 Å². The van der Waals surface area contributed by atoms with Crippen LogP contribution in [0, 0.1) is 0 Å². The molecule has 5 rings (SSSR count). The van der Waals surface area contributed by atoms with E-state index >= 15 is 0 Å². The minimum absolute atomic E-state index is 0.132. The number of amides is 1. The molecule has 0 radical (unpaired) electrons. The first-order valence-corrected chi connectivity index (χ1v) is 12.4. The van der Waals surface area contributed by atoms with Crippen LogP contribution in [-0.4, -0.2) is 52.9 Å². The maximum Gasteiger partial charge on any atom is 0.272 e. The van der Waals surface area contributed by atoms with Gasteiger partial charge in [0.05, 0.1) is 11.9 Å². The molecule has 1 atom stereocenters. The van der Waals surface area contributed by atoms with Crippen molar-refractivity contribution in [2.45, 2.75) is 51.1 Å². The lowest BCUT2D eigenvalue weighted by molar-refractivity contribution is 0.0926. The predicted molar refractivity (Wildman–Crippen MR) is 132 cm³/mol. The number of anilines is 1. The molecule has 174 valence electrons. The van der Waals surface area contributed by atoms with Crippen LogP contribution in [0.4, 0.5) is 5.82 Å². The van der Waals surface area contributed by atoms with Gasteiger partial charge in [-0.1, -0.05) is 36.6 Å². The summed E-state index contributed by atoms with van der Waals surface area (Å²) >= 11 is 6.07. The van der Waals surface area contributed by atoms with Gasteiger partial charge >= 0.3 is 0 Å². The lowest BCUT2D eigenvalue weighted by Gasteiger charge is -2.23. The third-order valence-corrected chi connectivity index (χ3v) is 6.86. The van der Waals surface area contributed by atoms with Crippen LogP contribution in [0.15, 0.2) is 36.4 Å². The topological polar surface area (TPSA) is 75.1 Å². The van der Waals surface area contributed by atoms with Crippen LogP contribution in [-0.2, 0) is 6.54 Å². The summed E-state index contributed by atoms with van der Waals surface area (Å²) in [6.45, 7) is 4.38. The SMILES string of the molecule is O=C(NC1CCCNC1)c1nn(Cc2ccc(Cl)cc2)c2nc(N3CCCCCC3)ccc12. The van der Waals surface area contributed by atoms with E-state index in [1.807, 2.05) is 41.1 Å². The van der Waals surface area contributed by atoms with E-state index in [0.29, 0.717) is 17.3 Å². The Labute approximate surface area is 199 Å². The number of nitrogens with one attached hydrogen (secondary N) is 2.